The van der Waals surface area contributed by atoms with Gasteiger partial charge in [-0.05, 0) is 31.5 Å². The number of carbonyl (C=O) groups is 1. The number of halogens is 1. The molecule has 6 heteroatoms. The Labute approximate surface area is 139 Å². The molecule has 1 atom stereocenters. The maximum absolute atomic E-state index is 12.4. The van der Waals surface area contributed by atoms with E-state index in [2.05, 4.69) is 11.9 Å². The van der Waals surface area contributed by atoms with Gasteiger partial charge in [0, 0.05) is 17.5 Å². The van der Waals surface area contributed by atoms with Crippen LogP contribution in [0.5, 0.6) is 5.75 Å². The van der Waals surface area contributed by atoms with Crippen LogP contribution in [0.2, 0.25) is 5.02 Å². The first-order valence-corrected chi connectivity index (χ1v) is 8.35. The number of amides is 1. The molecule has 1 amide bonds. The number of aromatic nitrogens is 1. The van der Waals surface area contributed by atoms with E-state index in [0.717, 1.165) is 17.1 Å². The fraction of sp³-hybridized carbons (Fsp3) is 0.375. The van der Waals surface area contributed by atoms with Crippen molar-refractivity contribution in [2.24, 2.45) is 0 Å². The number of ether oxygens (including phenoxy) is 1. The fourth-order valence-electron chi connectivity index (χ4n) is 2.01. The number of hydrogen-bond donors (Lipinski definition) is 0. The van der Waals surface area contributed by atoms with E-state index in [1.165, 1.54) is 0 Å². The lowest BCUT2D eigenvalue weighted by Gasteiger charge is -2.21. The summed E-state index contributed by atoms with van der Waals surface area (Å²) in [6.07, 6.45) is 0.337. The van der Waals surface area contributed by atoms with E-state index < -0.39 is 6.10 Å². The summed E-state index contributed by atoms with van der Waals surface area (Å²) in [6, 6.07) is 7.03. The minimum absolute atomic E-state index is 0.0916. The van der Waals surface area contributed by atoms with Crippen LogP contribution in [0.15, 0.2) is 29.6 Å². The molecule has 0 radical (unpaired) electrons. The summed E-state index contributed by atoms with van der Waals surface area (Å²) in [5.74, 6) is 0.495. The van der Waals surface area contributed by atoms with Crippen molar-refractivity contribution in [2.45, 2.75) is 32.9 Å². The van der Waals surface area contributed by atoms with Crippen molar-refractivity contribution < 1.29 is 9.53 Å². The van der Waals surface area contributed by atoms with Crippen LogP contribution in [0.4, 0.5) is 0 Å². The Kier molecular flexibility index (Phi) is 5.80. The predicted molar refractivity (Wildman–Crippen MR) is 89.5 cm³/mol. The van der Waals surface area contributed by atoms with E-state index in [1.807, 2.05) is 5.38 Å². The van der Waals surface area contributed by atoms with Crippen LogP contribution in [-0.2, 0) is 17.8 Å². The zero-order valence-corrected chi connectivity index (χ0v) is 14.4. The summed E-state index contributed by atoms with van der Waals surface area (Å²) < 4.78 is 5.65. The Bertz CT molecular complexity index is 645. The molecule has 118 valence electrons. The highest BCUT2D eigenvalue weighted by atomic mass is 35.5. The molecule has 1 aromatic heterocycles. The molecule has 0 saturated heterocycles. The second-order valence-corrected chi connectivity index (χ2v) is 6.38. The summed E-state index contributed by atoms with van der Waals surface area (Å²) in [7, 11) is 1.76. The van der Waals surface area contributed by atoms with Crippen LogP contribution in [0.3, 0.4) is 0 Å². The highest BCUT2D eigenvalue weighted by Crippen LogP contribution is 2.19. The first-order valence-electron chi connectivity index (χ1n) is 7.10. The summed E-state index contributed by atoms with van der Waals surface area (Å²) in [4.78, 5) is 18.5. The van der Waals surface area contributed by atoms with Gasteiger partial charge in [0.15, 0.2) is 6.10 Å². The molecule has 0 saturated carbocycles. The number of rotatable bonds is 6. The smallest absolute Gasteiger partial charge is 0.263 e. The van der Waals surface area contributed by atoms with Gasteiger partial charge < -0.3 is 9.64 Å². The van der Waals surface area contributed by atoms with Gasteiger partial charge in [0.05, 0.1) is 17.2 Å². The Morgan fingerprint density at radius 2 is 2.27 bits per heavy atom. The molecule has 0 bridgehead atoms. The van der Waals surface area contributed by atoms with Gasteiger partial charge >= 0.3 is 0 Å². The topological polar surface area (TPSA) is 42.4 Å². The molecule has 0 aliphatic heterocycles. The highest BCUT2D eigenvalue weighted by molar-refractivity contribution is 7.09. The Balaban J connectivity index is 1.94. The number of benzene rings is 1. The van der Waals surface area contributed by atoms with E-state index >= 15 is 0 Å². The quantitative estimate of drug-likeness (QED) is 0.804. The molecule has 0 aliphatic carbocycles. The summed E-state index contributed by atoms with van der Waals surface area (Å²) in [5, 5.41) is 3.66. The lowest BCUT2D eigenvalue weighted by Crippen LogP contribution is -2.37. The van der Waals surface area contributed by atoms with Crippen LogP contribution in [0.1, 0.15) is 24.5 Å². The Hall–Kier alpha value is -1.59. The standard InChI is InChI=1S/C16H19ClN2O2S/c1-4-15-18-13(10-22-15)9-19(3)16(20)11(2)21-14-7-5-6-12(17)8-14/h5-8,10-11H,4,9H2,1-3H3. The molecule has 2 aromatic rings. The normalized spacial score (nSPS) is 12.0. The Morgan fingerprint density at radius 1 is 1.50 bits per heavy atom. The first-order chi connectivity index (χ1) is 10.5. The predicted octanol–water partition coefficient (Wildman–Crippen LogP) is 3.78. The molecule has 22 heavy (non-hydrogen) atoms. The van der Waals surface area contributed by atoms with Crippen LogP contribution in [0, 0.1) is 0 Å². The van der Waals surface area contributed by atoms with Gasteiger partial charge in [-0.15, -0.1) is 11.3 Å². The number of thiazole rings is 1. The van der Waals surface area contributed by atoms with E-state index in [1.54, 1.807) is 54.5 Å². The van der Waals surface area contributed by atoms with Gasteiger partial charge in [0.25, 0.3) is 5.91 Å². The second-order valence-electron chi connectivity index (χ2n) is 5.00. The molecule has 0 aliphatic rings. The van der Waals surface area contributed by atoms with Crippen LogP contribution in [-0.4, -0.2) is 28.9 Å². The van der Waals surface area contributed by atoms with Crippen molar-refractivity contribution >= 4 is 28.8 Å². The number of hydrogen-bond acceptors (Lipinski definition) is 4. The largest absolute Gasteiger partial charge is 0.481 e. The molecule has 1 unspecified atom stereocenters. The third-order valence-corrected chi connectivity index (χ3v) is 4.41. The van der Waals surface area contributed by atoms with Crippen molar-refractivity contribution in [1.82, 2.24) is 9.88 Å². The second kappa shape index (κ2) is 7.61. The highest BCUT2D eigenvalue weighted by Gasteiger charge is 2.20. The number of nitrogens with zero attached hydrogens (tertiary/aromatic N) is 2. The van der Waals surface area contributed by atoms with Crippen molar-refractivity contribution in [3.8, 4) is 5.75 Å². The van der Waals surface area contributed by atoms with Gasteiger partial charge in [-0.25, -0.2) is 4.98 Å². The maximum atomic E-state index is 12.4. The maximum Gasteiger partial charge on any atom is 0.263 e. The zero-order valence-electron chi connectivity index (χ0n) is 12.9. The summed E-state index contributed by atoms with van der Waals surface area (Å²) >= 11 is 7.53. The van der Waals surface area contributed by atoms with Gasteiger partial charge in [-0.3, -0.25) is 4.79 Å². The Morgan fingerprint density at radius 3 is 2.91 bits per heavy atom. The van der Waals surface area contributed by atoms with Gasteiger partial charge in [0.1, 0.15) is 5.75 Å². The molecule has 1 heterocycles. The number of likely N-dealkylation sites (N-methyl/N-ethyl adjacent to an activating group) is 1. The van der Waals surface area contributed by atoms with Crippen molar-refractivity contribution in [3.05, 3.63) is 45.4 Å². The third-order valence-electron chi connectivity index (χ3n) is 3.13. The summed E-state index contributed by atoms with van der Waals surface area (Å²) in [6.45, 7) is 4.29. The summed E-state index contributed by atoms with van der Waals surface area (Å²) in [5.41, 5.74) is 0.910. The molecule has 0 N–H and O–H groups in total. The van der Waals surface area contributed by atoms with E-state index in [4.69, 9.17) is 16.3 Å². The number of aryl methyl sites for hydroxylation is 1. The van der Waals surface area contributed by atoms with E-state index in [-0.39, 0.29) is 5.91 Å². The van der Waals surface area contributed by atoms with Crippen LogP contribution in [0.25, 0.3) is 0 Å². The van der Waals surface area contributed by atoms with Crippen molar-refractivity contribution in [1.29, 1.82) is 0 Å². The van der Waals surface area contributed by atoms with E-state index in [9.17, 15) is 4.79 Å². The zero-order chi connectivity index (χ0) is 16.1. The number of carbonyl (C=O) groups excluding carboxylic acids is 1. The van der Waals surface area contributed by atoms with Gasteiger partial charge in [0.2, 0.25) is 0 Å². The average molecular weight is 339 g/mol. The molecule has 4 nitrogen and oxygen atoms in total. The van der Waals surface area contributed by atoms with Crippen molar-refractivity contribution in [2.75, 3.05) is 7.05 Å². The third kappa shape index (κ3) is 4.45. The minimum Gasteiger partial charge on any atom is -0.481 e. The minimum atomic E-state index is -0.576. The van der Waals surface area contributed by atoms with Gasteiger partial charge in [-0.1, -0.05) is 24.6 Å². The lowest BCUT2D eigenvalue weighted by atomic mass is 10.3. The van der Waals surface area contributed by atoms with E-state index in [0.29, 0.717) is 17.3 Å². The van der Waals surface area contributed by atoms with Crippen LogP contribution < -0.4 is 4.74 Å². The fourth-order valence-corrected chi connectivity index (χ4v) is 2.93. The molecule has 1 aromatic carbocycles. The molecule has 0 fully saturated rings. The molecular weight excluding hydrogens is 320 g/mol. The van der Waals surface area contributed by atoms with Gasteiger partial charge in [-0.2, -0.15) is 0 Å². The SMILES string of the molecule is CCc1nc(CN(C)C(=O)C(C)Oc2cccc(Cl)c2)cs1. The monoisotopic (exact) mass is 338 g/mol. The average Bonchev–Trinajstić information content (AvgIpc) is 2.94. The molecular formula is C16H19ClN2O2S. The lowest BCUT2D eigenvalue weighted by molar-refractivity contribution is -0.137. The van der Waals surface area contributed by atoms with Crippen molar-refractivity contribution in [3.63, 3.8) is 0 Å². The molecule has 2 rings (SSSR count). The van der Waals surface area contributed by atoms with Crippen LogP contribution >= 0.6 is 22.9 Å². The first kappa shape index (κ1) is 16.8. The molecule has 0 spiro atoms.